The van der Waals surface area contributed by atoms with Crippen molar-refractivity contribution in [2.45, 2.75) is 38.8 Å². The van der Waals surface area contributed by atoms with E-state index in [1.165, 1.54) is 17.3 Å². The first kappa shape index (κ1) is 12.0. The van der Waals surface area contributed by atoms with Gasteiger partial charge in [0.25, 0.3) is 0 Å². The van der Waals surface area contributed by atoms with Crippen LogP contribution in [0.15, 0.2) is 12.7 Å². The molecule has 0 atom stereocenters. The summed E-state index contributed by atoms with van der Waals surface area (Å²) in [5, 5.41) is 7.36. The smallest absolute Gasteiger partial charge is 0.323 e. The maximum absolute atomic E-state index is 12.0. The second-order valence-electron chi connectivity index (χ2n) is 4.71. The first-order chi connectivity index (χ1) is 8.16. The molecule has 0 aromatic carbocycles. The molecule has 0 spiro atoms. The van der Waals surface area contributed by atoms with Gasteiger partial charge in [-0.3, -0.25) is 0 Å². The second-order valence-corrected chi connectivity index (χ2v) is 4.71. The zero-order chi connectivity index (χ0) is 12.3. The first-order valence-electron chi connectivity index (χ1n) is 6.07. The zero-order valence-corrected chi connectivity index (χ0v) is 10.3. The van der Waals surface area contributed by atoms with E-state index in [4.69, 9.17) is 0 Å². The molecule has 6 heteroatoms. The lowest BCUT2D eigenvalue weighted by Gasteiger charge is -2.32. The third-order valence-electron chi connectivity index (χ3n) is 2.95. The standard InChI is InChI=1S/C11H19N5O/c1-9(2)14-10-3-5-15(6-4-10)11(17)16-8-12-7-13-16/h7-10,14H,3-6H2,1-2H3. The number of hydrogen-bond acceptors (Lipinski definition) is 4. The fourth-order valence-electron chi connectivity index (χ4n) is 2.16. The van der Waals surface area contributed by atoms with Gasteiger partial charge in [-0.15, -0.1) is 0 Å². The van der Waals surface area contributed by atoms with E-state index in [1.54, 1.807) is 0 Å². The normalized spacial score (nSPS) is 17.7. The number of nitrogens with one attached hydrogen (secondary N) is 1. The van der Waals surface area contributed by atoms with Gasteiger partial charge in [-0.25, -0.2) is 9.78 Å². The Bertz CT molecular complexity index is 354. The van der Waals surface area contributed by atoms with Crippen molar-refractivity contribution in [1.29, 1.82) is 0 Å². The molecular formula is C11H19N5O. The molecule has 1 fully saturated rings. The Hall–Kier alpha value is -1.43. The van der Waals surface area contributed by atoms with Crippen molar-refractivity contribution in [1.82, 2.24) is 25.0 Å². The molecule has 2 rings (SSSR count). The second kappa shape index (κ2) is 5.27. The summed E-state index contributed by atoms with van der Waals surface area (Å²) in [5.41, 5.74) is 0. The summed E-state index contributed by atoms with van der Waals surface area (Å²) in [6.45, 7) is 5.85. The van der Waals surface area contributed by atoms with Crippen LogP contribution in [0.25, 0.3) is 0 Å². The molecule has 17 heavy (non-hydrogen) atoms. The van der Waals surface area contributed by atoms with Gasteiger partial charge in [0.05, 0.1) is 0 Å². The molecule has 1 saturated heterocycles. The van der Waals surface area contributed by atoms with Gasteiger partial charge in [-0.1, -0.05) is 13.8 Å². The number of rotatable bonds is 2. The van der Waals surface area contributed by atoms with E-state index in [1.807, 2.05) is 4.90 Å². The number of hydrogen-bond donors (Lipinski definition) is 1. The first-order valence-corrected chi connectivity index (χ1v) is 6.07. The Labute approximate surface area is 101 Å². The van der Waals surface area contributed by atoms with Gasteiger partial charge in [0.2, 0.25) is 0 Å². The highest BCUT2D eigenvalue weighted by molar-refractivity contribution is 5.75. The monoisotopic (exact) mass is 237 g/mol. The van der Waals surface area contributed by atoms with E-state index in [9.17, 15) is 4.79 Å². The van der Waals surface area contributed by atoms with Crippen LogP contribution < -0.4 is 5.32 Å². The number of piperidine rings is 1. The molecule has 1 amide bonds. The number of aromatic nitrogens is 3. The fourth-order valence-corrected chi connectivity index (χ4v) is 2.16. The van der Waals surface area contributed by atoms with Gasteiger partial charge >= 0.3 is 6.03 Å². The minimum Gasteiger partial charge on any atom is -0.323 e. The molecule has 0 radical (unpaired) electrons. The van der Waals surface area contributed by atoms with Gasteiger partial charge in [0.15, 0.2) is 0 Å². The third kappa shape index (κ3) is 3.03. The van der Waals surface area contributed by atoms with Crippen LogP contribution in [0.1, 0.15) is 26.7 Å². The molecular weight excluding hydrogens is 218 g/mol. The molecule has 1 N–H and O–H groups in total. The number of carbonyl (C=O) groups excluding carboxylic acids is 1. The van der Waals surface area contributed by atoms with Crippen LogP contribution in [0.5, 0.6) is 0 Å². The van der Waals surface area contributed by atoms with Crippen molar-refractivity contribution in [3.63, 3.8) is 0 Å². The van der Waals surface area contributed by atoms with E-state index in [2.05, 4.69) is 29.2 Å². The Morgan fingerprint density at radius 1 is 1.41 bits per heavy atom. The third-order valence-corrected chi connectivity index (χ3v) is 2.95. The van der Waals surface area contributed by atoms with E-state index in [0.29, 0.717) is 12.1 Å². The van der Waals surface area contributed by atoms with Gasteiger partial charge in [0.1, 0.15) is 12.7 Å². The van der Waals surface area contributed by atoms with E-state index >= 15 is 0 Å². The highest BCUT2D eigenvalue weighted by Gasteiger charge is 2.24. The van der Waals surface area contributed by atoms with Gasteiger partial charge in [-0.2, -0.15) is 9.78 Å². The number of nitrogens with zero attached hydrogens (tertiary/aromatic N) is 4. The lowest BCUT2D eigenvalue weighted by Crippen LogP contribution is -2.47. The van der Waals surface area contributed by atoms with Gasteiger partial charge < -0.3 is 10.2 Å². The largest absolute Gasteiger partial charge is 0.346 e. The summed E-state index contributed by atoms with van der Waals surface area (Å²) in [6.07, 6.45) is 4.82. The minimum atomic E-state index is -0.0782. The molecule has 0 unspecified atom stereocenters. The van der Waals surface area contributed by atoms with Crippen molar-refractivity contribution in [3.05, 3.63) is 12.7 Å². The summed E-state index contributed by atoms with van der Waals surface area (Å²) < 4.78 is 1.29. The van der Waals surface area contributed by atoms with Crippen LogP contribution in [0.4, 0.5) is 4.79 Å². The van der Waals surface area contributed by atoms with Crippen molar-refractivity contribution in [3.8, 4) is 0 Å². The molecule has 1 aromatic rings. The van der Waals surface area contributed by atoms with E-state index in [0.717, 1.165) is 25.9 Å². The van der Waals surface area contributed by atoms with Crippen molar-refractivity contribution in [2.75, 3.05) is 13.1 Å². The van der Waals surface area contributed by atoms with Crippen LogP contribution in [-0.4, -0.2) is 50.9 Å². The quantitative estimate of drug-likeness (QED) is 0.822. The zero-order valence-electron chi connectivity index (χ0n) is 10.3. The minimum absolute atomic E-state index is 0.0782. The predicted octanol–water partition coefficient (Wildman–Crippen LogP) is 0.709. The number of amides is 1. The fraction of sp³-hybridized carbons (Fsp3) is 0.727. The Morgan fingerprint density at radius 3 is 2.65 bits per heavy atom. The predicted molar refractivity (Wildman–Crippen MR) is 63.7 cm³/mol. The average molecular weight is 237 g/mol. The summed E-state index contributed by atoms with van der Waals surface area (Å²) in [5.74, 6) is 0. The Balaban J connectivity index is 1.85. The molecule has 2 heterocycles. The topological polar surface area (TPSA) is 63.1 Å². The summed E-state index contributed by atoms with van der Waals surface area (Å²) in [7, 11) is 0. The van der Waals surface area contributed by atoms with Crippen molar-refractivity contribution in [2.24, 2.45) is 0 Å². The van der Waals surface area contributed by atoms with Crippen LogP contribution in [0.2, 0.25) is 0 Å². The van der Waals surface area contributed by atoms with Crippen LogP contribution in [-0.2, 0) is 0 Å². The molecule has 1 aromatic heterocycles. The molecule has 1 aliphatic heterocycles. The summed E-state index contributed by atoms with van der Waals surface area (Å²) >= 11 is 0. The van der Waals surface area contributed by atoms with Crippen molar-refractivity contribution >= 4 is 6.03 Å². The molecule has 0 saturated carbocycles. The molecule has 0 bridgehead atoms. The van der Waals surface area contributed by atoms with E-state index < -0.39 is 0 Å². The Kier molecular flexibility index (Phi) is 3.73. The van der Waals surface area contributed by atoms with Crippen LogP contribution in [0.3, 0.4) is 0 Å². The van der Waals surface area contributed by atoms with Crippen molar-refractivity contribution < 1.29 is 4.79 Å². The molecule has 1 aliphatic rings. The van der Waals surface area contributed by atoms with E-state index in [-0.39, 0.29) is 6.03 Å². The number of carbonyl (C=O) groups is 1. The highest BCUT2D eigenvalue weighted by atomic mass is 16.2. The number of likely N-dealkylation sites (tertiary alicyclic amines) is 1. The van der Waals surface area contributed by atoms with Crippen LogP contribution in [0, 0.1) is 0 Å². The highest BCUT2D eigenvalue weighted by Crippen LogP contribution is 2.11. The summed E-state index contributed by atoms with van der Waals surface area (Å²) in [6, 6.07) is 0.942. The lowest BCUT2D eigenvalue weighted by molar-refractivity contribution is 0.173. The van der Waals surface area contributed by atoms with Gasteiger partial charge in [0, 0.05) is 25.2 Å². The van der Waals surface area contributed by atoms with Crippen LogP contribution >= 0.6 is 0 Å². The molecule has 94 valence electrons. The maximum Gasteiger partial charge on any atom is 0.346 e. The van der Waals surface area contributed by atoms with Gasteiger partial charge in [-0.05, 0) is 12.8 Å². The lowest BCUT2D eigenvalue weighted by atomic mass is 10.0. The average Bonchev–Trinajstić information content (AvgIpc) is 2.82. The molecule has 6 nitrogen and oxygen atoms in total. The SMILES string of the molecule is CC(C)NC1CCN(C(=O)n2cncn2)CC1. The maximum atomic E-state index is 12.0. The molecule has 0 aliphatic carbocycles. The Morgan fingerprint density at radius 2 is 2.12 bits per heavy atom. The summed E-state index contributed by atoms with van der Waals surface area (Å²) in [4.78, 5) is 17.6.